The Hall–Kier alpha value is -1.73. The molecule has 0 amide bonds. The van der Waals surface area contributed by atoms with Gasteiger partial charge in [-0.2, -0.15) is 0 Å². The van der Waals surface area contributed by atoms with Crippen molar-refractivity contribution >= 4 is 21.9 Å². The minimum Gasteiger partial charge on any atom is -0.461 e. The molecule has 2 N–H and O–H groups in total. The number of ether oxygens (including phenoxy) is 1. The van der Waals surface area contributed by atoms with E-state index in [-0.39, 0.29) is 13.2 Å². The molecule has 7 heteroatoms. The van der Waals surface area contributed by atoms with Gasteiger partial charge in [-0.05, 0) is 39.0 Å². The van der Waals surface area contributed by atoms with E-state index in [2.05, 4.69) is 20.9 Å². The smallest absolute Gasteiger partial charge is 0.356 e. The Bertz CT molecular complexity index is 728. The zero-order valence-corrected chi connectivity index (χ0v) is 14.9. The molecular formula is C16H19BrFN3O2. The molecule has 23 heavy (non-hydrogen) atoms. The van der Waals surface area contributed by atoms with Crippen molar-refractivity contribution in [2.24, 2.45) is 5.73 Å². The van der Waals surface area contributed by atoms with E-state index in [0.29, 0.717) is 17.0 Å². The van der Waals surface area contributed by atoms with Gasteiger partial charge in [-0.1, -0.05) is 15.9 Å². The fourth-order valence-electron chi connectivity index (χ4n) is 2.44. The number of carbonyl (C=O) groups is 1. The van der Waals surface area contributed by atoms with Gasteiger partial charge < -0.3 is 15.0 Å². The largest absolute Gasteiger partial charge is 0.461 e. The number of nitrogens with zero attached hydrogens (tertiary/aromatic N) is 2. The highest BCUT2D eigenvalue weighted by molar-refractivity contribution is 9.10. The molecule has 0 saturated carbocycles. The summed E-state index contributed by atoms with van der Waals surface area (Å²) in [6.07, 6.45) is 1.52. The molecule has 0 unspecified atom stereocenters. The van der Waals surface area contributed by atoms with Gasteiger partial charge in [0.2, 0.25) is 0 Å². The van der Waals surface area contributed by atoms with E-state index in [1.165, 1.54) is 12.4 Å². The number of hydrogen-bond acceptors (Lipinski definition) is 4. The third-order valence-corrected chi connectivity index (χ3v) is 4.03. The summed E-state index contributed by atoms with van der Waals surface area (Å²) >= 11 is 3.32. The van der Waals surface area contributed by atoms with Gasteiger partial charge >= 0.3 is 5.97 Å². The molecule has 0 aliphatic carbocycles. The molecule has 0 aliphatic heterocycles. The van der Waals surface area contributed by atoms with Crippen LogP contribution in [-0.2, 0) is 16.8 Å². The summed E-state index contributed by atoms with van der Waals surface area (Å²) in [6, 6.07) is 4.61. The number of carbonyl (C=O) groups excluding carboxylic acids is 1. The first-order chi connectivity index (χ1) is 10.8. The zero-order chi connectivity index (χ0) is 17.2. The number of rotatable bonds is 5. The summed E-state index contributed by atoms with van der Waals surface area (Å²) in [7, 11) is 0. The Labute approximate surface area is 142 Å². The highest BCUT2D eigenvalue weighted by Crippen LogP contribution is 2.27. The summed E-state index contributed by atoms with van der Waals surface area (Å²) < 4.78 is 21.5. The highest BCUT2D eigenvalue weighted by atomic mass is 79.9. The number of halogens is 2. The summed E-state index contributed by atoms with van der Waals surface area (Å²) in [5.41, 5.74) is 6.54. The molecule has 0 radical (unpaired) electrons. The standard InChI is InChI=1S/C16H19BrFN3O2/c1-4-23-15(22)14-10(2)20-9-21(14)8-16(3,19)12-7-11(17)5-6-13(12)18/h5-7,9H,4,8,19H2,1-3H3/t16-/m0/s1. The summed E-state index contributed by atoms with van der Waals surface area (Å²) in [5.74, 6) is -0.860. The lowest BCUT2D eigenvalue weighted by atomic mass is 9.92. The molecule has 5 nitrogen and oxygen atoms in total. The molecule has 124 valence electrons. The number of imidazole rings is 1. The Kier molecular flexibility index (Phi) is 5.21. The summed E-state index contributed by atoms with van der Waals surface area (Å²) in [6.45, 7) is 5.62. The first-order valence-corrected chi connectivity index (χ1v) is 7.99. The summed E-state index contributed by atoms with van der Waals surface area (Å²) in [5, 5.41) is 0. The summed E-state index contributed by atoms with van der Waals surface area (Å²) in [4.78, 5) is 16.2. The second kappa shape index (κ2) is 6.80. The Balaban J connectivity index is 2.38. The minimum atomic E-state index is -1.03. The third kappa shape index (κ3) is 3.79. The van der Waals surface area contributed by atoms with E-state index in [1.54, 1.807) is 37.5 Å². The number of benzene rings is 1. The van der Waals surface area contributed by atoms with Crippen molar-refractivity contribution in [2.75, 3.05) is 6.61 Å². The van der Waals surface area contributed by atoms with Crippen LogP contribution in [0.3, 0.4) is 0 Å². The second-order valence-electron chi connectivity index (χ2n) is 5.57. The molecule has 0 saturated heterocycles. The van der Waals surface area contributed by atoms with E-state index >= 15 is 0 Å². The lowest BCUT2D eigenvalue weighted by molar-refractivity contribution is 0.0511. The van der Waals surface area contributed by atoms with Gasteiger partial charge in [0.1, 0.15) is 11.5 Å². The maximum atomic E-state index is 14.1. The van der Waals surface area contributed by atoms with Gasteiger partial charge in [-0.15, -0.1) is 0 Å². The first kappa shape index (κ1) is 17.6. The monoisotopic (exact) mass is 383 g/mol. The number of nitrogens with two attached hydrogens (primary N) is 1. The van der Waals surface area contributed by atoms with Crippen LogP contribution in [0.1, 0.15) is 35.6 Å². The normalized spacial score (nSPS) is 13.7. The topological polar surface area (TPSA) is 70.1 Å². The SMILES string of the molecule is CCOC(=O)c1c(C)ncn1C[C@](C)(N)c1cc(Br)ccc1F. The number of aromatic nitrogens is 2. The van der Waals surface area contributed by atoms with Crippen LogP contribution >= 0.6 is 15.9 Å². The highest BCUT2D eigenvalue weighted by Gasteiger charge is 2.28. The zero-order valence-electron chi connectivity index (χ0n) is 13.3. The molecular weight excluding hydrogens is 365 g/mol. The van der Waals surface area contributed by atoms with Crippen LogP contribution < -0.4 is 5.73 Å². The first-order valence-electron chi connectivity index (χ1n) is 7.19. The van der Waals surface area contributed by atoms with Crippen molar-refractivity contribution in [3.05, 3.63) is 51.8 Å². The predicted octanol–water partition coefficient (Wildman–Crippen LogP) is 3.14. The van der Waals surface area contributed by atoms with E-state index < -0.39 is 17.3 Å². The Morgan fingerprint density at radius 3 is 2.87 bits per heavy atom. The van der Waals surface area contributed by atoms with Crippen molar-refractivity contribution in [3.63, 3.8) is 0 Å². The van der Waals surface area contributed by atoms with Gasteiger partial charge in [0.05, 0.1) is 24.2 Å². The van der Waals surface area contributed by atoms with Crippen LogP contribution in [0.15, 0.2) is 29.0 Å². The lowest BCUT2D eigenvalue weighted by Gasteiger charge is -2.27. The fourth-order valence-corrected chi connectivity index (χ4v) is 2.80. The van der Waals surface area contributed by atoms with Gasteiger partial charge in [-0.25, -0.2) is 14.2 Å². The quantitative estimate of drug-likeness (QED) is 0.805. The molecule has 0 bridgehead atoms. The lowest BCUT2D eigenvalue weighted by Crippen LogP contribution is -2.39. The maximum absolute atomic E-state index is 14.1. The number of esters is 1. The molecule has 1 aromatic heterocycles. The van der Waals surface area contributed by atoms with Crippen LogP contribution in [0.25, 0.3) is 0 Å². The van der Waals surface area contributed by atoms with Crippen molar-refractivity contribution in [1.82, 2.24) is 9.55 Å². The van der Waals surface area contributed by atoms with Gasteiger partial charge in [0.15, 0.2) is 0 Å². The molecule has 0 fully saturated rings. The van der Waals surface area contributed by atoms with E-state index in [1.807, 2.05) is 0 Å². The Morgan fingerprint density at radius 2 is 2.22 bits per heavy atom. The van der Waals surface area contributed by atoms with Gasteiger partial charge in [0.25, 0.3) is 0 Å². The Morgan fingerprint density at radius 1 is 1.52 bits per heavy atom. The third-order valence-electron chi connectivity index (χ3n) is 3.53. The van der Waals surface area contributed by atoms with Crippen molar-refractivity contribution in [1.29, 1.82) is 0 Å². The predicted molar refractivity (Wildman–Crippen MR) is 88.6 cm³/mol. The van der Waals surface area contributed by atoms with Gasteiger partial charge in [-0.3, -0.25) is 0 Å². The number of aryl methyl sites for hydroxylation is 1. The number of hydrogen-bond donors (Lipinski definition) is 1. The fraction of sp³-hybridized carbons (Fsp3) is 0.375. The molecule has 1 aromatic carbocycles. The van der Waals surface area contributed by atoms with Crippen LogP contribution in [0.5, 0.6) is 0 Å². The maximum Gasteiger partial charge on any atom is 0.356 e. The average molecular weight is 384 g/mol. The minimum absolute atomic E-state index is 0.190. The van der Waals surface area contributed by atoms with Crippen LogP contribution in [0, 0.1) is 12.7 Å². The van der Waals surface area contributed by atoms with E-state index in [4.69, 9.17) is 10.5 Å². The van der Waals surface area contributed by atoms with Crippen LogP contribution in [0.2, 0.25) is 0 Å². The second-order valence-corrected chi connectivity index (χ2v) is 6.48. The van der Waals surface area contributed by atoms with Crippen molar-refractivity contribution < 1.29 is 13.9 Å². The van der Waals surface area contributed by atoms with Crippen molar-refractivity contribution in [2.45, 2.75) is 32.9 Å². The molecule has 2 aromatic rings. The average Bonchev–Trinajstić information content (AvgIpc) is 2.82. The molecule has 1 atom stereocenters. The molecule has 0 spiro atoms. The van der Waals surface area contributed by atoms with Gasteiger partial charge in [0, 0.05) is 16.6 Å². The van der Waals surface area contributed by atoms with E-state index in [0.717, 1.165) is 4.47 Å². The molecule has 0 aliphatic rings. The van der Waals surface area contributed by atoms with E-state index in [9.17, 15) is 9.18 Å². The van der Waals surface area contributed by atoms with Crippen LogP contribution in [-0.4, -0.2) is 22.1 Å². The molecule has 2 rings (SSSR count). The van der Waals surface area contributed by atoms with Crippen molar-refractivity contribution in [3.8, 4) is 0 Å². The van der Waals surface area contributed by atoms with Crippen LogP contribution in [0.4, 0.5) is 4.39 Å². The molecule has 1 heterocycles.